The molecule has 0 spiro atoms. The summed E-state index contributed by atoms with van der Waals surface area (Å²) in [6.45, 7) is 18.7. The molecular formula is C21H28N2S. The first kappa shape index (κ1) is 20.0. The van der Waals surface area contributed by atoms with E-state index in [1.165, 1.54) is 33.5 Å². The average molecular weight is 341 g/mol. The third kappa shape index (κ3) is 4.95. The zero-order chi connectivity index (χ0) is 18.1. The van der Waals surface area contributed by atoms with Crippen LogP contribution in [0.3, 0.4) is 0 Å². The van der Waals surface area contributed by atoms with Crippen LogP contribution in [0.2, 0.25) is 0 Å². The molecule has 0 radical (unpaired) electrons. The maximum Gasteiger partial charge on any atom is 0.0882 e. The molecule has 128 valence electrons. The van der Waals surface area contributed by atoms with Crippen LogP contribution in [0, 0.1) is 0 Å². The Balaban J connectivity index is 3.49. The van der Waals surface area contributed by atoms with E-state index >= 15 is 0 Å². The van der Waals surface area contributed by atoms with Crippen molar-refractivity contribution in [1.29, 1.82) is 0 Å². The summed E-state index contributed by atoms with van der Waals surface area (Å²) in [7, 11) is 0. The fourth-order valence-electron chi connectivity index (χ4n) is 2.72. The number of thioether (sulfide) groups is 1. The Morgan fingerprint density at radius 1 is 1.38 bits per heavy atom. The molecule has 1 aliphatic rings. The number of nitrogens with zero attached hydrogens (tertiary/aromatic N) is 1. The summed E-state index contributed by atoms with van der Waals surface area (Å²) in [6, 6.07) is 0. The van der Waals surface area contributed by atoms with Gasteiger partial charge >= 0.3 is 0 Å². The first-order chi connectivity index (χ1) is 11.5. The molecule has 1 aliphatic heterocycles. The van der Waals surface area contributed by atoms with E-state index in [2.05, 4.69) is 63.3 Å². The molecule has 0 aromatic rings. The minimum Gasteiger partial charge on any atom is -0.394 e. The largest absolute Gasteiger partial charge is 0.394 e. The van der Waals surface area contributed by atoms with Gasteiger partial charge in [-0.3, -0.25) is 0 Å². The molecular weight excluding hydrogens is 312 g/mol. The average Bonchev–Trinajstić information content (AvgIpc) is 2.95. The minimum absolute atomic E-state index is 0.607. The van der Waals surface area contributed by atoms with E-state index in [1.54, 1.807) is 6.08 Å². The molecule has 0 aromatic carbocycles. The van der Waals surface area contributed by atoms with Crippen LogP contribution in [0.1, 0.15) is 33.6 Å². The van der Waals surface area contributed by atoms with Crippen LogP contribution >= 0.6 is 11.8 Å². The Kier molecular flexibility index (Phi) is 8.25. The Morgan fingerprint density at radius 2 is 2.08 bits per heavy atom. The molecule has 2 N–H and O–H groups in total. The number of allylic oxidation sites excluding steroid dienone is 7. The van der Waals surface area contributed by atoms with Crippen LogP contribution in [0.4, 0.5) is 0 Å². The van der Waals surface area contributed by atoms with Gasteiger partial charge in [-0.1, -0.05) is 62.4 Å². The molecule has 3 heteroatoms. The quantitative estimate of drug-likeness (QED) is 0.470. The maximum absolute atomic E-state index is 5.81. The highest BCUT2D eigenvalue weighted by atomic mass is 32.2. The van der Waals surface area contributed by atoms with Crippen LogP contribution in [0.15, 0.2) is 88.3 Å². The van der Waals surface area contributed by atoms with Crippen molar-refractivity contribution in [2.45, 2.75) is 33.6 Å². The van der Waals surface area contributed by atoms with Gasteiger partial charge in [-0.2, -0.15) is 0 Å². The summed E-state index contributed by atoms with van der Waals surface area (Å²) < 4.78 is 0. The molecule has 0 saturated carbocycles. The van der Waals surface area contributed by atoms with Crippen molar-refractivity contribution in [3.05, 3.63) is 88.3 Å². The third-order valence-electron chi connectivity index (χ3n) is 3.81. The third-order valence-corrected chi connectivity index (χ3v) is 4.91. The van der Waals surface area contributed by atoms with Crippen molar-refractivity contribution >= 4 is 11.8 Å². The Morgan fingerprint density at radius 3 is 2.58 bits per heavy atom. The van der Waals surface area contributed by atoms with Crippen molar-refractivity contribution in [3.63, 3.8) is 0 Å². The lowest BCUT2D eigenvalue weighted by molar-refractivity contribution is 0.498. The molecule has 1 heterocycles. The van der Waals surface area contributed by atoms with Crippen molar-refractivity contribution in [1.82, 2.24) is 4.90 Å². The highest BCUT2D eigenvalue weighted by Crippen LogP contribution is 2.37. The van der Waals surface area contributed by atoms with Gasteiger partial charge in [0.15, 0.2) is 0 Å². The molecule has 0 atom stereocenters. The summed E-state index contributed by atoms with van der Waals surface area (Å²) >= 11 is 1.53. The van der Waals surface area contributed by atoms with Gasteiger partial charge in [0.05, 0.1) is 10.7 Å². The molecule has 0 unspecified atom stereocenters. The number of hydrogen-bond acceptors (Lipinski definition) is 3. The highest BCUT2D eigenvalue weighted by Gasteiger charge is 2.25. The van der Waals surface area contributed by atoms with E-state index in [0.29, 0.717) is 5.03 Å². The van der Waals surface area contributed by atoms with E-state index in [0.717, 1.165) is 25.1 Å². The van der Waals surface area contributed by atoms with Gasteiger partial charge in [-0.25, -0.2) is 0 Å². The van der Waals surface area contributed by atoms with E-state index in [-0.39, 0.29) is 0 Å². The van der Waals surface area contributed by atoms with E-state index in [9.17, 15) is 0 Å². The lowest BCUT2D eigenvalue weighted by atomic mass is 10.1. The minimum atomic E-state index is 0.607. The molecule has 1 rings (SSSR count). The second-order valence-corrected chi connectivity index (χ2v) is 6.59. The first-order valence-corrected chi connectivity index (χ1v) is 8.97. The summed E-state index contributed by atoms with van der Waals surface area (Å²) in [5.41, 5.74) is 13.9. The first-order valence-electron chi connectivity index (χ1n) is 8.15. The normalized spacial score (nSPS) is 18.2. The van der Waals surface area contributed by atoms with Crippen LogP contribution < -0.4 is 5.73 Å². The summed E-state index contributed by atoms with van der Waals surface area (Å²) in [5, 5.41) is 0.607. The SMILES string of the molecule is C=CC=C=C(/C(C)=C(\CC)SC(=C)N)N1CCC(=C/C)/C1=C\C=C. The topological polar surface area (TPSA) is 29.3 Å². The molecule has 0 bridgehead atoms. The van der Waals surface area contributed by atoms with E-state index in [4.69, 9.17) is 5.73 Å². The number of rotatable bonds is 7. The fourth-order valence-corrected chi connectivity index (χ4v) is 3.43. The summed E-state index contributed by atoms with van der Waals surface area (Å²) in [6.07, 6.45) is 11.6. The highest BCUT2D eigenvalue weighted by molar-refractivity contribution is 8.06. The molecule has 0 aliphatic carbocycles. The molecule has 1 saturated heterocycles. The zero-order valence-electron chi connectivity index (χ0n) is 15.1. The van der Waals surface area contributed by atoms with Crippen LogP contribution in [-0.2, 0) is 0 Å². The Labute approximate surface area is 151 Å². The zero-order valence-corrected chi connectivity index (χ0v) is 15.9. The van der Waals surface area contributed by atoms with E-state index in [1.807, 2.05) is 12.2 Å². The summed E-state index contributed by atoms with van der Waals surface area (Å²) in [5.74, 6) is 0. The number of hydrogen-bond donors (Lipinski definition) is 1. The van der Waals surface area contributed by atoms with Gasteiger partial charge in [0, 0.05) is 12.2 Å². The van der Waals surface area contributed by atoms with Crippen LogP contribution in [0.25, 0.3) is 0 Å². The smallest absolute Gasteiger partial charge is 0.0882 e. The standard InChI is InChI=1S/C21H28N2S/c1-7-11-13-19(16(5)21(10-4)24-17(6)22)23-15-14-18(9-3)20(23)12-8-2/h7-9,11-12H,1-2,6,10,14-15,22H2,3-5H3/b18-9-,20-12+,21-16+. The van der Waals surface area contributed by atoms with Crippen molar-refractivity contribution in [2.75, 3.05) is 6.54 Å². The van der Waals surface area contributed by atoms with Crippen molar-refractivity contribution in [3.8, 4) is 0 Å². The predicted molar refractivity (Wildman–Crippen MR) is 109 cm³/mol. The predicted octanol–water partition coefficient (Wildman–Crippen LogP) is 5.78. The molecule has 2 nitrogen and oxygen atoms in total. The Hall–Kier alpha value is -2.09. The van der Waals surface area contributed by atoms with Gasteiger partial charge in [-0.15, -0.1) is 0 Å². The maximum atomic E-state index is 5.81. The van der Waals surface area contributed by atoms with Gasteiger partial charge in [0.25, 0.3) is 0 Å². The van der Waals surface area contributed by atoms with Crippen LogP contribution in [0.5, 0.6) is 0 Å². The van der Waals surface area contributed by atoms with Gasteiger partial charge < -0.3 is 10.6 Å². The van der Waals surface area contributed by atoms with Crippen LogP contribution in [-0.4, -0.2) is 11.4 Å². The molecule has 24 heavy (non-hydrogen) atoms. The molecule has 1 fully saturated rings. The fraction of sp³-hybridized carbons (Fsp3) is 0.286. The summed E-state index contributed by atoms with van der Waals surface area (Å²) in [4.78, 5) is 3.50. The van der Waals surface area contributed by atoms with E-state index < -0.39 is 0 Å². The molecule has 0 amide bonds. The number of nitrogens with two attached hydrogens (primary N) is 1. The lowest BCUT2D eigenvalue weighted by Crippen LogP contribution is -2.18. The van der Waals surface area contributed by atoms with Crippen molar-refractivity contribution < 1.29 is 0 Å². The molecule has 0 aromatic heterocycles. The van der Waals surface area contributed by atoms with Gasteiger partial charge in [-0.05, 0) is 54.9 Å². The van der Waals surface area contributed by atoms with Gasteiger partial charge in [0.1, 0.15) is 0 Å². The second kappa shape index (κ2) is 9.92. The number of likely N-dealkylation sites (tertiary alicyclic amines) is 1. The van der Waals surface area contributed by atoms with Crippen molar-refractivity contribution in [2.24, 2.45) is 5.73 Å². The second-order valence-electron chi connectivity index (χ2n) is 5.37. The van der Waals surface area contributed by atoms with Gasteiger partial charge in [0.2, 0.25) is 0 Å². The Bertz CT molecular complexity index is 668. The monoisotopic (exact) mass is 340 g/mol. The lowest BCUT2D eigenvalue weighted by Gasteiger charge is -2.24.